The smallest absolute Gasteiger partial charge is 0.256 e. The van der Waals surface area contributed by atoms with Gasteiger partial charge in [0.25, 0.3) is 5.91 Å². The van der Waals surface area contributed by atoms with E-state index in [1.165, 1.54) is 11.1 Å². The third kappa shape index (κ3) is 2.77. The molecule has 1 aliphatic heterocycles. The van der Waals surface area contributed by atoms with Gasteiger partial charge in [-0.2, -0.15) is 5.10 Å². The van der Waals surface area contributed by atoms with E-state index in [2.05, 4.69) is 16.1 Å². The van der Waals surface area contributed by atoms with Crippen molar-refractivity contribution in [1.82, 2.24) is 19.7 Å². The highest BCUT2D eigenvalue weighted by Gasteiger charge is 2.27. The van der Waals surface area contributed by atoms with E-state index in [-0.39, 0.29) is 18.1 Å². The summed E-state index contributed by atoms with van der Waals surface area (Å²) in [6.45, 7) is -1.73. The number of benzene rings is 2. The van der Waals surface area contributed by atoms with Crippen molar-refractivity contribution in [2.45, 2.75) is 13.0 Å². The van der Waals surface area contributed by atoms with Gasteiger partial charge < -0.3 is 4.90 Å². The van der Waals surface area contributed by atoms with Crippen LogP contribution in [0.25, 0.3) is 22.0 Å². The van der Waals surface area contributed by atoms with Crippen LogP contribution in [-0.2, 0) is 20.1 Å². The minimum atomic E-state index is -1.92. The van der Waals surface area contributed by atoms with Gasteiger partial charge in [0.1, 0.15) is 0 Å². The summed E-state index contributed by atoms with van der Waals surface area (Å²) in [4.78, 5) is 18.0. The van der Waals surface area contributed by atoms with Crippen molar-refractivity contribution in [1.29, 1.82) is 0 Å². The van der Waals surface area contributed by atoms with Gasteiger partial charge in [-0.15, -0.1) is 0 Å². The number of fused-ring (bicyclic) bond motifs is 2. The van der Waals surface area contributed by atoms with E-state index in [9.17, 15) is 4.79 Å². The molecule has 0 bridgehead atoms. The number of rotatable bonds is 3. The zero-order valence-corrected chi connectivity index (χ0v) is 14.8. The fourth-order valence-corrected chi connectivity index (χ4v) is 3.42. The second-order valence-electron chi connectivity index (χ2n) is 6.68. The Morgan fingerprint density at radius 2 is 1.93 bits per heavy atom. The molecule has 0 unspecified atom stereocenters. The number of carbonyl (C=O) groups is 1. The highest BCUT2D eigenvalue weighted by molar-refractivity contribution is 5.97. The lowest BCUT2D eigenvalue weighted by Crippen LogP contribution is -2.23. The van der Waals surface area contributed by atoms with Gasteiger partial charge in [0.2, 0.25) is 0 Å². The molecule has 5 heteroatoms. The largest absolute Gasteiger partial charge is 0.328 e. The third-order valence-electron chi connectivity index (χ3n) is 4.77. The van der Waals surface area contributed by atoms with Crippen LogP contribution < -0.4 is 0 Å². The van der Waals surface area contributed by atoms with E-state index in [1.54, 1.807) is 16.8 Å². The maximum absolute atomic E-state index is 12.7. The molecule has 5 rings (SSSR count). The first-order chi connectivity index (χ1) is 13.9. The van der Waals surface area contributed by atoms with Crippen molar-refractivity contribution in [3.8, 4) is 11.1 Å². The lowest BCUT2D eigenvalue weighted by Gasteiger charge is -2.15. The van der Waals surface area contributed by atoms with Crippen LogP contribution in [0.5, 0.6) is 0 Å². The average Bonchev–Trinajstić information content (AvgIpc) is 3.18. The van der Waals surface area contributed by atoms with Gasteiger partial charge in [-0.3, -0.25) is 14.5 Å². The fourth-order valence-electron chi connectivity index (χ4n) is 3.42. The quantitative estimate of drug-likeness (QED) is 0.561. The van der Waals surface area contributed by atoms with Crippen LogP contribution in [0.15, 0.2) is 67.0 Å². The first kappa shape index (κ1) is 13.7. The van der Waals surface area contributed by atoms with E-state index < -0.39 is 6.50 Å². The van der Waals surface area contributed by atoms with Gasteiger partial charge in [0.15, 0.2) is 0 Å². The molecule has 0 radical (unpaired) electrons. The number of aromatic nitrogens is 3. The van der Waals surface area contributed by atoms with E-state index in [0.717, 1.165) is 27.6 Å². The first-order valence-electron chi connectivity index (χ1n) is 9.74. The highest BCUT2D eigenvalue weighted by atomic mass is 16.2. The second kappa shape index (κ2) is 6.06. The maximum Gasteiger partial charge on any atom is 0.256 e. The predicted molar refractivity (Wildman–Crippen MR) is 104 cm³/mol. The summed E-state index contributed by atoms with van der Waals surface area (Å²) in [7, 11) is 1.90. The molecule has 27 heavy (non-hydrogen) atoms. The Morgan fingerprint density at radius 1 is 1.11 bits per heavy atom. The molecule has 0 saturated carbocycles. The Morgan fingerprint density at radius 3 is 2.74 bits per heavy atom. The van der Waals surface area contributed by atoms with Crippen molar-refractivity contribution >= 4 is 16.8 Å². The number of hydrogen-bond donors (Lipinski definition) is 0. The van der Waals surface area contributed by atoms with Crippen molar-refractivity contribution in [3.05, 3.63) is 83.8 Å². The monoisotopic (exact) mass is 356 g/mol. The zero-order valence-electron chi connectivity index (χ0n) is 16.8. The second-order valence-corrected chi connectivity index (χ2v) is 6.68. The SMILES string of the molecule is [2H]C1([2H])c2ncccc2C(=O)N1Cc1ccc(-c2ccc3nn(C)cc3c2)cc1. The molecule has 0 aliphatic carbocycles. The van der Waals surface area contributed by atoms with Crippen molar-refractivity contribution in [3.63, 3.8) is 0 Å². The van der Waals surface area contributed by atoms with Crippen molar-refractivity contribution in [2.75, 3.05) is 0 Å². The Bertz CT molecular complexity index is 1250. The van der Waals surface area contributed by atoms with Crippen LogP contribution in [0.3, 0.4) is 0 Å². The molecule has 1 amide bonds. The Hall–Kier alpha value is -3.47. The minimum absolute atomic E-state index is 0.185. The summed E-state index contributed by atoms with van der Waals surface area (Å²) in [6.07, 6.45) is 3.50. The van der Waals surface area contributed by atoms with E-state index >= 15 is 0 Å². The van der Waals surface area contributed by atoms with Gasteiger partial charge in [0.05, 0.1) is 26.0 Å². The lowest BCUT2D eigenvalue weighted by atomic mass is 10.0. The lowest BCUT2D eigenvalue weighted by molar-refractivity contribution is 0.0766. The summed E-state index contributed by atoms with van der Waals surface area (Å²) in [5.74, 6) is -0.329. The molecule has 132 valence electrons. The molecule has 0 fully saturated rings. The van der Waals surface area contributed by atoms with Crippen LogP contribution in [-0.4, -0.2) is 25.6 Å². The van der Waals surface area contributed by atoms with Gasteiger partial charge in [-0.05, 0) is 41.0 Å². The van der Waals surface area contributed by atoms with Crippen molar-refractivity contribution < 1.29 is 7.54 Å². The molecule has 0 saturated heterocycles. The molecule has 1 aliphatic rings. The zero-order chi connectivity index (χ0) is 20.2. The minimum Gasteiger partial charge on any atom is -0.328 e. The molecule has 5 nitrogen and oxygen atoms in total. The standard InChI is InChI=1S/C22H18N4O/c1-25-13-18-11-17(8-9-20(18)24-25)16-6-4-15(5-7-16)12-26-14-21-19(22(26)27)3-2-10-23-21/h2-11,13H,12,14H2,1H3/i14D2. The summed E-state index contributed by atoms with van der Waals surface area (Å²) in [5.41, 5.74) is 4.48. The molecule has 2 aromatic heterocycles. The fraction of sp³-hybridized carbons (Fsp3) is 0.136. The van der Waals surface area contributed by atoms with E-state index in [1.807, 2.05) is 49.6 Å². The summed E-state index contributed by atoms with van der Waals surface area (Å²) in [5, 5.41) is 5.47. The molecule has 4 aromatic rings. The number of nitrogens with zero attached hydrogens (tertiary/aromatic N) is 4. The highest BCUT2D eigenvalue weighted by Crippen LogP contribution is 2.26. The van der Waals surface area contributed by atoms with Gasteiger partial charge in [0, 0.05) is 31.4 Å². The van der Waals surface area contributed by atoms with Crippen LogP contribution in [0.4, 0.5) is 0 Å². The number of pyridine rings is 1. The van der Waals surface area contributed by atoms with E-state index in [4.69, 9.17) is 2.74 Å². The topological polar surface area (TPSA) is 51.0 Å². The Kier molecular flexibility index (Phi) is 3.07. The summed E-state index contributed by atoms with van der Waals surface area (Å²) >= 11 is 0. The molecule has 0 spiro atoms. The van der Waals surface area contributed by atoms with Gasteiger partial charge in [-0.1, -0.05) is 30.3 Å². The normalized spacial score (nSPS) is 16.3. The van der Waals surface area contributed by atoms with Gasteiger partial charge in [-0.25, -0.2) is 0 Å². The molecule has 0 atom stereocenters. The van der Waals surface area contributed by atoms with Crippen LogP contribution >= 0.6 is 0 Å². The average molecular weight is 356 g/mol. The molecular weight excluding hydrogens is 336 g/mol. The van der Waals surface area contributed by atoms with Crippen LogP contribution in [0.1, 0.15) is 24.4 Å². The predicted octanol–water partition coefficient (Wildman–Crippen LogP) is 3.79. The molecular formula is C22H18N4O. The molecule has 2 aromatic carbocycles. The van der Waals surface area contributed by atoms with Crippen LogP contribution in [0.2, 0.25) is 0 Å². The number of carbonyl (C=O) groups excluding carboxylic acids is 1. The van der Waals surface area contributed by atoms with Crippen molar-refractivity contribution in [2.24, 2.45) is 7.05 Å². The first-order valence-corrected chi connectivity index (χ1v) is 8.74. The van der Waals surface area contributed by atoms with Gasteiger partial charge >= 0.3 is 0 Å². The number of hydrogen-bond acceptors (Lipinski definition) is 3. The third-order valence-corrected chi connectivity index (χ3v) is 4.77. The van der Waals surface area contributed by atoms with E-state index in [0.29, 0.717) is 5.56 Å². The number of amides is 1. The maximum atomic E-state index is 12.7. The summed E-state index contributed by atoms with van der Waals surface area (Å²) < 4.78 is 18.5. The van der Waals surface area contributed by atoms with Crippen LogP contribution in [0, 0.1) is 0 Å². The molecule has 0 N–H and O–H groups in total. The number of aryl methyl sites for hydroxylation is 1. The molecule has 3 heterocycles. The Labute approximate surface area is 159 Å². The summed E-state index contributed by atoms with van der Waals surface area (Å²) in [6, 6.07) is 17.3. The Balaban J connectivity index is 1.41.